The van der Waals surface area contributed by atoms with Crippen LogP contribution >= 0.6 is 11.6 Å². The molecule has 2 heterocycles. The number of ether oxygens (including phenoxy) is 3. The Bertz CT molecular complexity index is 1400. The molecule has 4 aliphatic rings. The van der Waals surface area contributed by atoms with Crippen LogP contribution in [-0.4, -0.2) is 29.6 Å². The fourth-order valence-corrected chi connectivity index (χ4v) is 6.31. The van der Waals surface area contributed by atoms with Crippen LogP contribution in [0.25, 0.3) is 11.1 Å². The Labute approximate surface area is 214 Å². The van der Waals surface area contributed by atoms with Crippen molar-refractivity contribution in [3.8, 4) is 16.9 Å². The Hall–Kier alpha value is -3.15. The molecule has 0 aromatic heterocycles. The van der Waals surface area contributed by atoms with Crippen LogP contribution in [0.2, 0.25) is 5.02 Å². The molecule has 0 bridgehead atoms. The van der Waals surface area contributed by atoms with Crippen molar-refractivity contribution in [2.75, 3.05) is 0 Å². The number of fused-ring (bicyclic) bond motifs is 5. The lowest BCUT2D eigenvalue weighted by molar-refractivity contribution is -0.162. The monoisotopic (exact) mass is 500 g/mol. The average Bonchev–Trinajstić information content (AvgIpc) is 3.43. The number of carbonyl (C=O) groups is 2. The summed E-state index contributed by atoms with van der Waals surface area (Å²) in [6, 6.07) is 19.8. The fourth-order valence-electron chi connectivity index (χ4n) is 6.14. The van der Waals surface area contributed by atoms with E-state index < -0.39 is 18.2 Å². The second kappa shape index (κ2) is 8.19. The highest BCUT2D eigenvalue weighted by Crippen LogP contribution is 2.58. The molecule has 36 heavy (non-hydrogen) atoms. The molecule has 1 saturated heterocycles. The summed E-state index contributed by atoms with van der Waals surface area (Å²) in [6.07, 6.45) is 2.22. The van der Waals surface area contributed by atoms with Gasteiger partial charge in [-0.2, -0.15) is 0 Å². The molecule has 1 saturated carbocycles. The first kappa shape index (κ1) is 22.1. The van der Waals surface area contributed by atoms with Gasteiger partial charge in [0.05, 0.1) is 5.60 Å². The van der Waals surface area contributed by atoms with Crippen molar-refractivity contribution in [3.05, 3.63) is 87.9 Å². The summed E-state index contributed by atoms with van der Waals surface area (Å²) in [7, 11) is 0. The quantitative estimate of drug-likeness (QED) is 0.428. The third-order valence-corrected chi connectivity index (χ3v) is 8.33. The molecular weight excluding hydrogens is 476 g/mol. The number of Topliss-reactive ketones (excluding diaryl/α,β-unsaturated/α-hetero) is 1. The second-order valence-electron chi connectivity index (χ2n) is 10.4. The van der Waals surface area contributed by atoms with Gasteiger partial charge in [-0.1, -0.05) is 41.9 Å². The zero-order valence-corrected chi connectivity index (χ0v) is 20.4. The largest absolute Gasteiger partial charge is 0.488 e. The molecule has 2 fully saturated rings. The van der Waals surface area contributed by atoms with E-state index in [2.05, 4.69) is 18.2 Å². The van der Waals surface area contributed by atoms with Crippen molar-refractivity contribution in [3.63, 3.8) is 0 Å². The number of carbonyl (C=O) groups excluding carboxylic acids is 2. The summed E-state index contributed by atoms with van der Waals surface area (Å²) in [4.78, 5) is 26.3. The highest BCUT2D eigenvalue weighted by molar-refractivity contribution is 6.30. The van der Waals surface area contributed by atoms with Gasteiger partial charge in [0.1, 0.15) is 12.4 Å². The van der Waals surface area contributed by atoms with E-state index in [9.17, 15) is 9.59 Å². The molecule has 0 spiro atoms. The first-order chi connectivity index (χ1) is 17.5. The molecule has 0 N–H and O–H groups in total. The fraction of sp³-hybridized carbons (Fsp3) is 0.333. The summed E-state index contributed by atoms with van der Waals surface area (Å²) < 4.78 is 17.9. The van der Waals surface area contributed by atoms with Crippen LogP contribution in [0.1, 0.15) is 46.3 Å². The smallest absolute Gasteiger partial charge is 0.336 e. The summed E-state index contributed by atoms with van der Waals surface area (Å²) >= 11 is 6.12. The van der Waals surface area contributed by atoms with Gasteiger partial charge in [0, 0.05) is 22.6 Å². The average molecular weight is 501 g/mol. The Morgan fingerprint density at radius 3 is 2.72 bits per heavy atom. The third kappa shape index (κ3) is 3.64. The van der Waals surface area contributed by atoms with Gasteiger partial charge in [-0.15, -0.1) is 0 Å². The minimum absolute atomic E-state index is 0.142. The maximum Gasteiger partial charge on any atom is 0.336 e. The highest BCUT2D eigenvalue weighted by atomic mass is 35.5. The number of esters is 1. The third-order valence-electron chi connectivity index (χ3n) is 8.10. The van der Waals surface area contributed by atoms with Crippen LogP contribution in [-0.2, 0) is 33.7 Å². The molecule has 4 unspecified atom stereocenters. The van der Waals surface area contributed by atoms with E-state index in [-0.39, 0.29) is 11.4 Å². The number of ketones is 1. The number of aryl methyl sites for hydroxylation is 1. The Morgan fingerprint density at radius 2 is 1.86 bits per heavy atom. The molecule has 7 rings (SSSR count). The minimum atomic E-state index is -0.774. The lowest BCUT2D eigenvalue weighted by Gasteiger charge is -2.28. The summed E-state index contributed by atoms with van der Waals surface area (Å²) in [5, 5.41) is 0.629. The topological polar surface area (TPSA) is 61.8 Å². The number of hydrogen-bond donors (Lipinski definition) is 0. The van der Waals surface area contributed by atoms with E-state index in [4.69, 9.17) is 25.8 Å². The molecule has 3 aromatic carbocycles. The highest BCUT2D eigenvalue weighted by Gasteiger charge is 2.63. The Morgan fingerprint density at radius 1 is 1.03 bits per heavy atom. The molecular formula is C30H25ClO5. The molecule has 6 heteroatoms. The van der Waals surface area contributed by atoms with Gasteiger partial charge in [0.15, 0.2) is 12.2 Å². The van der Waals surface area contributed by atoms with E-state index in [1.165, 1.54) is 5.56 Å². The zero-order valence-electron chi connectivity index (χ0n) is 19.7. The summed E-state index contributed by atoms with van der Waals surface area (Å²) in [5.41, 5.74) is 5.55. The molecule has 2 aliphatic carbocycles. The van der Waals surface area contributed by atoms with Crippen LogP contribution in [0.4, 0.5) is 0 Å². The number of halogens is 1. The number of benzene rings is 3. The predicted molar refractivity (Wildman–Crippen MR) is 134 cm³/mol. The van der Waals surface area contributed by atoms with Crippen LogP contribution in [0, 0.1) is 5.92 Å². The van der Waals surface area contributed by atoms with E-state index in [0.29, 0.717) is 42.4 Å². The minimum Gasteiger partial charge on any atom is -0.488 e. The SMILES string of the molecule is O=C(OC1CCc2cc3c(cc2C1=O)COc1cc(Cl)ccc1-3)C1CC2CC2(Cc2ccccc2)O1. The molecule has 4 atom stereocenters. The van der Waals surface area contributed by atoms with Crippen molar-refractivity contribution in [2.24, 2.45) is 5.92 Å². The first-order valence-corrected chi connectivity index (χ1v) is 12.9. The van der Waals surface area contributed by atoms with Gasteiger partial charge in [-0.3, -0.25) is 4.79 Å². The Kier molecular flexibility index (Phi) is 5.02. The lowest BCUT2D eigenvalue weighted by atomic mass is 9.83. The van der Waals surface area contributed by atoms with Crippen molar-refractivity contribution in [1.29, 1.82) is 0 Å². The van der Waals surface area contributed by atoms with Gasteiger partial charge in [-0.25, -0.2) is 4.79 Å². The van der Waals surface area contributed by atoms with Crippen LogP contribution in [0.5, 0.6) is 5.75 Å². The van der Waals surface area contributed by atoms with Gasteiger partial charge in [-0.05, 0) is 84.2 Å². The number of hydrogen-bond acceptors (Lipinski definition) is 5. The molecule has 2 aliphatic heterocycles. The van der Waals surface area contributed by atoms with Gasteiger partial charge >= 0.3 is 5.97 Å². The lowest BCUT2D eigenvalue weighted by Crippen LogP contribution is -2.37. The zero-order chi connectivity index (χ0) is 24.4. The molecule has 0 amide bonds. The Balaban J connectivity index is 1.06. The molecule has 0 radical (unpaired) electrons. The van der Waals surface area contributed by atoms with Crippen molar-refractivity contribution >= 4 is 23.4 Å². The van der Waals surface area contributed by atoms with Crippen molar-refractivity contribution in [2.45, 2.75) is 56.5 Å². The van der Waals surface area contributed by atoms with Crippen molar-refractivity contribution in [1.82, 2.24) is 0 Å². The van der Waals surface area contributed by atoms with Gasteiger partial charge in [0.2, 0.25) is 5.78 Å². The van der Waals surface area contributed by atoms with Gasteiger partial charge in [0.25, 0.3) is 0 Å². The maximum atomic E-state index is 13.3. The van der Waals surface area contributed by atoms with E-state index in [1.54, 1.807) is 0 Å². The summed E-state index contributed by atoms with van der Waals surface area (Å²) in [6.45, 7) is 0.370. The van der Waals surface area contributed by atoms with Gasteiger partial charge < -0.3 is 14.2 Å². The van der Waals surface area contributed by atoms with E-state index >= 15 is 0 Å². The standard InChI is InChI=1S/C30H25ClO5/c31-21-7-8-22-23-10-18-6-9-25(28(32)24(18)11-19(23)16-34-26(22)13-21)35-29(33)27-12-20-15-30(20,36-27)14-17-4-2-1-3-5-17/h1-5,7-8,10-11,13,20,25,27H,6,9,12,14-16H2. The van der Waals surface area contributed by atoms with Crippen LogP contribution < -0.4 is 4.74 Å². The van der Waals surface area contributed by atoms with E-state index in [0.717, 1.165) is 40.8 Å². The predicted octanol–water partition coefficient (Wildman–Crippen LogP) is 5.73. The normalized spacial score (nSPS) is 27.2. The molecule has 5 nitrogen and oxygen atoms in total. The first-order valence-electron chi connectivity index (χ1n) is 12.5. The summed E-state index contributed by atoms with van der Waals surface area (Å²) in [5.74, 6) is 0.575. The maximum absolute atomic E-state index is 13.3. The van der Waals surface area contributed by atoms with Crippen molar-refractivity contribution < 1.29 is 23.8 Å². The van der Waals surface area contributed by atoms with Crippen LogP contribution in [0.15, 0.2) is 60.7 Å². The van der Waals surface area contributed by atoms with Crippen LogP contribution in [0.3, 0.4) is 0 Å². The number of rotatable bonds is 4. The molecule has 3 aromatic rings. The van der Waals surface area contributed by atoms with E-state index in [1.807, 2.05) is 42.5 Å². The second-order valence-corrected chi connectivity index (χ2v) is 10.8. The molecule has 182 valence electrons.